The molecule has 0 amide bonds. The van der Waals surface area contributed by atoms with Crippen LogP contribution in [0.25, 0.3) is 0 Å². The molecule has 4 nitrogen and oxygen atoms in total. The Kier molecular flexibility index (Phi) is 4.05. The van der Waals surface area contributed by atoms with Gasteiger partial charge in [-0.1, -0.05) is 0 Å². The summed E-state index contributed by atoms with van der Waals surface area (Å²) in [6, 6.07) is 3.23. The van der Waals surface area contributed by atoms with Crippen LogP contribution in [0.3, 0.4) is 0 Å². The normalized spacial score (nSPS) is 9.69. The van der Waals surface area contributed by atoms with E-state index in [0.29, 0.717) is 28.9 Å². The summed E-state index contributed by atoms with van der Waals surface area (Å²) in [6.07, 6.45) is 0.925. The van der Waals surface area contributed by atoms with Crippen molar-refractivity contribution in [1.82, 2.24) is 0 Å². The van der Waals surface area contributed by atoms with Crippen molar-refractivity contribution in [3.05, 3.63) is 23.3 Å². The average Bonchev–Trinajstić information content (AvgIpc) is 2.27. The summed E-state index contributed by atoms with van der Waals surface area (Å²) in [5.41, 5.74) is 1.10. The molecular weight excluding hydrogens is 208 g/mol. The van der Waals surface area contributed by atoms with E-state index in [4.69, 9.17) is 9.47 Å². The number of rotatable bonds is 5. The number of ether oxygens (including phenoxy) is 2. The lowest BCUT2D eigenvalue weighted by atomic mass is 10.0. The van der Waals surface area contributed by atoms with Gasteiger partial charge in [0.15, 0.2) is 11.5 Å². The first kappa shape index (κ1) is 12.2. The second-order valence-corrected chi connectivity index (χ2v) is 3.40. The van der Waals surface area contributed by atoms with Crippen LogP contribution in [-0.4, -0.2) is 26.3 Å². The van der Waals surface area contributed by atoms with Gasteiger partial charge in [0.25, 0.3) is 0 Å². The van der Waals surface area contributed by atoms with E-state index in [9.17, 15) is 9.59 Å². The number of methoxy groups -OCH3 is 2. The smallest absolute Gasteiger partial charge is 0.161 e. The van der Waals surface area contributed by atoms with Crippen molar-refractivity contribution in [2.75, 3.05) is 14.2 Å². The molecule has 0 fully saturated rings. The van der Waals surface area contributed by atoms with E-state index in [0.717, 1.165) is 0 Å². The van der Waals surface area contributed by atoms with E-state index in [1.807, 2.05) is 0 Å². The molecule has 0 spiro atoms. The third-order valence-corrected chi connectivity index (χ3v) is 2.21. The molecule has 0 radical (unpaired) electrons. The van der Waals surface area contributed by atoms with Gasteiger partial charge in [-0.05, 0) is 24.6 Å². The number of ketones is 1. The zero-order valence-corrected chi connectivity index (χ0v) is 9.57. The number of hydrogen-bond donors (Lipinski definition) is 0. The van der Waals surface area contributed by atoms with E-state index < -0.39 is 0 Å². The van der Waals surface area contributed by atoms with E-state index in [2.05, 4.69) is 0 Å². The lowest BCUT2D eigenvalue weighted by Gasteiger charge is -2.11. The molecule has 86 valence electrons. The number of carbonyl (C=O) groups is 2. The van der Waals surface area contributed by atoms with Crippen LogP contribution in [0.15, 0.2) is 12.1 Å². The van der Waals surface area contributed by atoms with E-state index in [1.165, 1.54) is 21.1 Å². The van der Waals surface area contributed by atoms with Crippen molar-refractivity contribution in [2.24, 2.45) is 0 Å². The Bertz CT molecular complexity index is 410. The molecule has 0 unspecified atom stereocenters. The van der Waals surface area contributed by atoms with Crippen LogP contribution in [0.1, 0.15) is 22.8 Å². The van der Waals surface area contributed by atoms with Gasteiger partial charge < -0.3 is 9.47 Å². The van der Waals surface area contributed by atoms with Crippen molar-refractivity contribution in [1.29, 1.82) is 0 Å². The highest BCUT2D eigenvalue weighted by atomic mass is 16.5. The molecule has 0 N–H and O–H groups in total. The van der Waals surface area contributed by atoms with Gasteiger partial charge >= 0.3 is 0 Å². The number of hydrogen-bond acceptors (Lipinski definition) is 4. The Morgan fingerprint density at radius 3 is 2.25 bits per heavy atom. The van der Waals surface area contributed by atoms with Crippen LogP contribution >= 0.6 is 0 Å². The molecule has 16 heavy (non-hydrogen) atoms. The largest absolute Gasteiger partial charge is 0.493 e. The van der Waals surface area contributed by atoms with Crippen LogP contribution in [0.4, 0.5) is 0 Å². The zero-order chi connectivity index (χ0) is 12.1. The summed E-state index contributed by atoms with van der Waals surface area (Å²) >= 11 is 0. The second kappa shape index (κ2) is 5.30. The minimum absolute atomic E-state index is 0.00433. The summed E-state index contributed by atoms with van der Waals surface area (Å²) in [5, 5.41) is 0. The molecule has 0 atom stereocenters. The predicted molar refractivity (Wildman–Crippen MR) is 59.3 cm³/mol. The van der Waals surface area contributed by atoms with Crippen LogP contribution in [0.5, 0.6) is 11.5 Å². The standard InChI is InChI=1S/C12H14O4/c1-8(14)4-9-5-11(15-2)12(16-3)6-10(9)7-13/h5-7H,4H2,1-3H3. The molecule has 0 aliphatic heterocycles. The van der Waals surface area contributed by atoms with E-state index in [1.54, 1.807) is 12.1 Å². The monoisotopic (exact) mass is 222 g/mol. The van der Waals surface area contributed by atoms with Crippen LogP contribution in [0, 0.1) is 0 Å². The predicted octanol–water partition coefficient (Wildman–Crippen LogP) is 1.65. The minimum atomic E-state index is -0.00433. The van der Waals surface area contributed by atoms with Crippen molar-refractivity contribution < 1.29 is 19.1 Å². The van der Waals surface area contributed by atoms with Gasteiger partial charge in [0.05, 0.1) is 14.2 Å². The van der Waals surface area contributed by atoms with Crippen LogP contribution in [-0.2, 0) is 11.2 Å². The summed E-state index contributed by atoms with van der Waals surface area (Å²) in [7, 11) is 3.01. The third-order valence-electron chi connectivity index (χ3n) is 2.21. The molecule has 0 saturated heterocycles. The van der Waals surface area contributed by atoms with Gasteiger partial charge in [-0.2, -0.15) is 0 Å². The first-order chi connectivity index (χ1) is 7.62. The van der Waals surface area contributed by atoms with Crippen LogP contribution < -0.4 is 9.47 Å². The molecule has 0 bridgehead atoms. The van der Waals surface area contributed by atoms with E-state index >= 15 is 0 Å². The lowest BCUT2D eigenvalue weighted by molar-refractivity contribution is -0.116. The third kappa shape index (κ3) is 2.59. The highest BCUT2D eigenvalue weighted by molar-refractivity contribution is 5.85. The molecule has 0 aromatic heterocycles. The molecule has 0 heterocycles. The van der Waals surface area contributed by atoms with Gasteiger partial charge in [-0.25, -0.2) is 0 Å². The Labute approximate surface area is 94.2 Å². The molecule has 0 aliphatic carbocycles. The molecule has 1 aromatic rings. The fourth-order valence-corrected chi connectivity index (χ4v) is 1.47. The molecule has 0 aliphatic rings. The van der Waals surface area contributed by atoms with Crippen molar-refractivity contribution >= 4 is 12.1 Å². The van der Waals surface area contributed by atoms with Crippen molar-refractivity contribution in [2.45, 2.75) is 13.3 Å². The van der Waals surface area contributed by atoms with Crippen LogP contribution in [0.2, 0.25) is 0 Å². The first-order valence-electron chi connectivity index (χ1n) is 4.82. The number of carbonyl (C=O) groups excluding carboxylic acids is 2. The van der Waals surface area contributed by atoms with Crippen molar-refractivity contribution in [3.63, 3.8) is 0 Å². The summed E-state index contributed by atoms with van der Waals surface area (Å²) in [6.45, 7) is 1.48. The quantitative estimate of drug-likeness (QED) is 0.711. The zero-order valence-electron chi connectivity index (χ0n) is 9.57. The molecular formula is C12H14O4. The van der Waals surface area contributed by atoms with Gasteiger partial charge in [-0.15, -0.1) is 0 Å². The minimum Gasteiger partial charge on any atom is -0.493 e. The van der Waals surface area contributed by atoms with Gasteiger partial charge in [0.2, 0.25) is 0 Å². The first-order valence-corrected chi connectivity index (χ1v) is 4.82. The molecule has 0 saturated carbocycles. The number of benzene rings is 1. The number of aldehydes is 1. The Hall–Kier alpha value is -1.84. The van der Waals surface area contributed by atoms with Gasteiger partial charge in [0, 0.05) is 12.0 Å². The summed E-state index contributed by atoms with van der Waals surface area (Å²) in [5.74, 6) is 0.997. The van der Waals surface area contributed by atoms with E-state index in [-0.39, 0.29) is 12.2 Å². The Morgan fingerprint density at radius 1 is 1.25 bits per heavy atom. The highest BCUT2D eigenvalue weighted by Crippen LogP contribution is 2.30. The highest BCUT2D eigenvalue weighted by Gasteiger charge is 2.11. The Morgan fingerprint density at radius 2 is 1.81 bits per heavy atom. The van der Waals surface area contributed by atoms with Gasteiger partial charge in [0.1, 0.15) is 12.1 Å². The fraction of sp³-hybridized carbons (Fsp3) is 0.333. The van der Waals surface area contributed by atoms with Crippen molar-refractivity contribution in [3.8, 4) is 11.5 Å². The molecule has 4 heteroatoms. The summed E-state index contributed by atoms with van der Waals surface area (Å²) in [4.78, 5) is 21.9. The Balaban J connectivity index is 3.25. The fourth-order valence-electron chi connectivity index (χ4n) is 1.47. The maximum absolute atomic E-state index is 11.0. The second-order valence-electron chi connectivity index (χ2n) is 3.40. The topological polar surface area (TPSA) is 52.6 Å². The summed E-state index contributed by atoms with van der Waals surface area (Å²) < 4.78 is 10.2. The maximum Gasteiger partial charge on any atom is 0.161 e. The van der Waals surface area contributed by atoms with Gasteiger partial charge in [-0.3, -0.25) is 9.59 Å². The number of Topliss-reactive ketones (excluding diaryl/α,β-unsaturated/α-hetero) is 1. The average molecular weight is 222 g/mol. The maximum atomic E-state index is 11.0. The lowest BCUT2D eigenvalue weighted by Crippen LogP contribution is -2.02. The molecule has 1 aromatic carbocycles. The molecule has 1 rings (SSSR count). The SMILES string of the molecule is COc1cc(C=O)c(CC(C)=O)cc1OC.